The van der Waals surface area contributed by atoms with Crippen molar-refractivity contribution in [3.63, 3.8) is 0 Å². The smallest absolute Gasteiger partial charge is 0.328 e. The van der Waals surface area contributed by atoms with E-state index in [1.54, 1.807) is 18.5 Å². The number of imide groups is 1. The van der Waals surface area contributed by atoms with Gasteiger partial charge in [-0.25, -0.2) is 4.79 Å². The van der Waals surface area contributed by atoms with Gasteiger partial charge in [-0.3, -0.25) is 20.0 Å². The Morgan fingerprint density at radius 3 is 2.95 bits per heavy atom. The Hall–Kier alpha value is -2.63. The topological polar surface area (TPSA) is 88.3 Å². The summed E-state index contributed by atoms with van der Waals surface area (Å²) in [5.74, 6) is -0.251. The molecule has 0 aliphatic carbocycles. The van der Waals surface area contributed by atoms with Crippen LogP contribution in [0.15, 0.2) is 30.6 Å². The number of nitrogen functional groups attached to an aromatic ring is 1. The Labute approximate surface area is 109 Å². The van der Waals surface area contributed by atoms with E-state index in [-0.39, 0.29) is 5.91 Å². The first-order valence-corrected chi connectivity index (χ1v) is 5.90. The summed E-state index contributed by atoms with van der Waals surface area (Å²) in [5, 5.41) is 4.05. The molecular weight excluding hydrogens is 244 g/mol. The van der Waals surface area contributed by atoms with E-state index in [4.69, 9.17) is 5.73 Å². The number of fused-ring (bicyclic) bond motifs is 1. The largest absolute Gasteiger partial charge is 0.398 e. The summed E-state index contributed by atoms with van der Waals surface area (Å²) >= 11 is 0. The Bertz CT molecular complexity index is 683. The molecule has 0 radical (unpaired) electrons. The van der Waals surface area contributed by atoms with E-state index < -0.39 is 6.03 Å². The summed E-state index contributed by atoms with van der Waals surface area (Å²) in [6, 6.07) is 5.01. The van der Waals surface area contributed by atoms with Gasteiger partial charge in [-0.2, -0.15) is 0 Å². The molecule has 0 unspecified atom stereocenters. The van der Waals surface area contributed by atoms with Crippen molar-refractivity contribution in [2.24, 2.45) is 0 Å². The van der Waals surface area contributed by atoms with Gasteiger partial charge in [0.2, 0.25) is 5.91 Å². The van der Waals surface area contributed by atoms with E-state index in [0.29, 0.717) is 24.3 Å². The lowest BCUT2D eigenvalue weighted by atomic mass is 10.1. The van der Waals surface area contributed by atoms with Crippen LogP contribution in [0, 0.1) is 0 Å². The van der Waals surface area contributed by atoms with Gasteiger partial charge in [0.05, 0.1) is 0 Å². The predicted octanol–water partition coefficient (Wildman–Crippen LogP) is 1.26. The summed E-state index contributed by atoms with van der Waals surface area (Å²) < 4.78 is 0. The van der Waals surface area contributed by atoms with Crippen molar-refractivity contribution in [1.29, 1.82) is 0 Å². The molecule has 0 atom stereocenters. The zero-order valence-electron chi connectivity index (χ0n) is 10.1. The third-order valence-electron chi connectivity index (χ3n) is 3.14. The molecule has 2 heterocycles. The van der Waals surface area contributed by atoms with Crippen molar-refractivity contribution in [2.45, 2.75) is 6.42 Å². The van der Waals surface area contributed by atoms with Gasteiger partial charge in [0.15, 0.2) is 0 Å². The number of anilines is 2. The Kier molecular flexibility index (Phi) is 2.56. The van der Waals surface area contributed by atoms with Crippen molar-refractivity contribution in [3.8, 4) is 0 Å². The SMILES string of the molecule is Nc1cc(N2CCC(=O)NC2=O)cc2ccncc12. The highest BCUT2D eigenvalue weighted by atomic mass is 16.2. The molecule has 1 aliphatic heterocycles. The number of hydrogen-bond acceptors (Lipinski definition) is 4. The van der Waals surface area contributed by atoms with Crippen LogP contribution >= 0.6 is 0 Å². The minimum Gasteiger partial charge on any atom is -0.398 e. The lowest BCUT2D eigenvalue weighted by Gasteiger charge is -2.27. The lowest BCUT2D eigenvalue weighted by molar-refractivity contribution is -0.120. The van der Waals surface area contributed by atoms with E-state index in [0.717, 1.165) is 10.8 Å². The summed E-state index contributed by atoms with van der Waals surface area (Å²) in [6.45, 7) is 0.362. The van der Waals surface area contributed by atoms with Gasteiger partial charge >= 0.3 is 6.03 Å². The number of rotatable bonds is 1. The molecule has 3 amide bonds. The number of aromatic nitrogens is 1. The Balaban J connectivity index is 2.06. The molecule has 3 rings (SSSR count). The molecule has 1 aromatic heterocycles. The highest BCUT2D eigenvalue weighted by Gasteiger charge is 2.24. The van der Waals surface area contributed by atoms with Gasteiger partial charge in [-0.05, 0) is 23.6 Å². The number of nitrogens with zero attached hydrogens (tertiary/aromatic N) is 2. The van der Waals surface area contributed by atoms with Gasteiger partial charge < -0.3 is 5.73 Å². The minimum atomic E-state index is -0.413. The molecule has 2 aromatic rings. The molecular formula is C13H12N4O2. The quantitative estimate of drug-likeness (QED) is 0.752. The number of carbonyl (C=O) groups excluding carboxylic acids is 2. The predicted molar refractivity (Wildman–Crippen MR) is 71.7 cm³/mol. The number of hydrogen-bond donors (Lipinski definition) is 2. The number of benzene rings is 1. The van der Waals surface area contributed by atoms with Crippen LogP contribution in [0.5, 0.6) is 0 Å². The minimum absolute atomic E-state index is 0.251. The molecule has 3 N–H and O–H groups in total. The maximum atomic E-state index is 11.8. The average molecular weight is 256 g/mol. The highest BCUT2D eigenvalue weighted by molar-refractivity contribution is 6.07. The van der Waals surface area contributed by atoms with E-state index in [1.165, 1.54) is 4.90 Å². The van der Waals surface area contributed by atoms with E-state index in [2.05, 4.69) is 10.3 Å². The van der Waals surface area contributed by atoms with Crippen molar-refractivity contribution >= 4 is 34.1 Å². The fourth-order valence-electron chi connectivity index (χ4n) is 2.18. The fourth-order valence-corrected chi connectivity index (χ4v) is 2.18. The van der Waals surface area contributed by atoms with Crippen LogP contribution < -0.4 is 16.0 Å². The van der Waals surface area contributed by atoms with E-state index in [9.17, 15) is 9.59 Å². The van der Waals surface area contributed by atoms with Crippen LogP contribution in [-0.4, -0.2) is 23.5 Å². The molecule has 1 aromatic carbocycles. The first-order chi connectivity index (χ1) is 9.15. The zero-order valence-corrected chi connectivity index (χ0v) is 10.1. The molecule has 0 saturated carbocycles. The van der Waals surface area contributed by atoms with Crippen LogP contribution in [-0.2, 0) is 4.79 Å². The maximum absolute atomic E-state index is 11.8. The third kappa shape index (κ3) is 1.97. The maximum Gasteiger partial charge on any atom is 0.328 e. The summed E-state index contributed by atoms with van der Waals surface area (Å²) in [6.07, 6.45) is 3.65. The molecule has 1 fully saturated rings. The molecule has 19 heavy (non-hydrogen) atoms. The number of pyridine rings is 1. The molecule has 96 valence electrons. The van der Waals surface area contributed by atoms with E-state index >= 15 is 0 Å². The zero-order chi connectivity index (χ0) is 13.4. The second-order valence-corrected chi connectivity index (χ2v) is 4.39. The number of urea groups is 1. The van der Waals surface area contributed by atoms with Crippen molar-refractivity contribution in [1.82, 2.24) is 10.3 Å². The Morgan fingerprint density at radius 1 is 1.32 bits per heavy atom. The van der Waals surface area contributed by atoms with Gasteiger partial charge in [-0.15, -0.1) is 0 Å². The average Bonchev–Trinajstić information content (AvgIpc) is 2.38. The normalized spacial score (nSPS) is 15.7. The molecule has 6 heteroatoms. The van der Waals surface area contributed by atoms with Gasteiger partial charge in [0, 0.05) is 42.1 Å². The second-order valence-electron chi connectivity index (χ2n) is 4.39. The highest BCUT2D eigenvalue weighted by Crippen LogP contribution is 2.28. The summed E-state index contributed by atoms with van der Waals surface area (Å²) in [5.41, 5.74) is 7.21. The van der Waals surface area contributed by atoms with Crippen molar-refractivity contribution in [2.75, 3.05) is 17.2 Å². The van der Waals surface area contributed by atoms with E-state index in [1.807, 2.05) is 12.1 Å². The van der Waals surface area contributed by atoms with Crippen molar-refractivity contribution < 1.29 is 9.59 Å². The lowest BCUT2D eigenvalue weighted by Crippen LogP contribution is -2.49. The summed E-state index contributed by atoms with van der Waals surface area (Å²) in [4.78, 5) is 28.5. The third-order valence-corrected chi connectivity index (χ3v) is 3.14. The van der Waals surface area contributed by atoms with Crippen LogP contribution in [0.3, 0.4) is 0 Å². The van der Waals surface area contributed by atoms with Gasteiger partial charge in [-0.1, -0.05) is 0 Å². The number of carbonyl (C=O) groups is 2. The molecule has 1 aliphatic rings. The van der Waals surface area contributed by atoms with Gasteiger partial charge in [0.25, 0.3) is 0 Å². The first-order valence-electron chi connectivity index (χ1n) is 5.90. The van der Waals surface area contributed by atoms with Gasteiger partial charge in [0.1, 0.15) is 0 Å². The summed E-state index contributed by atoms with van der Waals surface area (Å²) in [7, 11) is 0. The molecule has 1 saturated heterocycles. The number of nitrogens with one attached hydrogen (secondary N) is 1. The number of amides is 3. The van der Waals surface area contributed by atoms with Crippen LogP contribution in [0.1, 0.15) is 6.42 Å². The van der Waals surface area contributed by atoms with Crippen LogP contribution in [0.25, 0.3) is 10.8 Å². The first kappa shape index (κ1) is 11.5. The van der Waals surface area contributed by atoms with Crippen LogP contribution in [0.4, 0.5) is 16.2 Å². The monoisotopic (exact) mass is 256 g/mol. The second kappa shape index (κ2) is 4.24. The Morgan fingerprint density at radius 2 is 2.16 bits per heavy atom. The van der Waals surface area contributed by atoms with Crippen molar-refractivity contribution in [3.05, 3.63) is 30.6 Å². The fraction of sp³-hybridized carbons (Fsp3) is 0.154. The molecule has 0 bridgehead atoms. The molecule has 0 spiro atoms. The van der Waals surface area contributed by atoms with Crippen LogP contribution in [0.2, 0.25) is 0 Å². The number of nitrogens with two attached hydrogens (primary N) is 1. The molecule has 6 nitrogen and oxygen atoms in total. The standard InChI is InChI=1S/C13H12N4O2/c14-11-6-9(5-8-1-3-15-7-10(8)11)17-4-2-12(18)16-13(17)19/h1,3,5-7H,2,4,14H2,(H,16,18,19).